The molecule has 180 valence electrons. The molecule has 3 aliphatic carbocycles. The molecule has 5 nitrogen and oxygen atoms in total. The maximum Gasteiger partial charge on any atom is 0.355 e. The first-order chi connectivity index (χ1) is 16.7. The number of carbonyl (C=O) groups is 2. The largest absolute Gasteiger partial charge is 0.479 e. The summed E-state index contributed by atoms with van der Waals surface area (Å²) < 4.78 is 25.9. The molecule has 2 N–H and O–H groups in total. The number of Topliss-reactive ketones (excluding diaryl/α,β-unsaturated/α-hetero) is 1. The highest BCUT2D eigenvalue weighted by molar-refractivity contribution is 6.03. The smallest absolute Gasteiger partial charge is 0.355 e. The first-order valence-electron chi connectivity index (χ1n) is 12.2. The molecule has 2 aromatic carbocycles. The van der Waals surface area contributed by atoms with Crippen molar-refractivity contribution < 1.29 is 23.5 Å². The van der Waals surface area contributed by atoms with Gasteiger partial charge in [0.1, 0.15) is 12.4 Å². The SMILES string of the molecule is C=CO[C@]1(C)C(=O)OCC2=C1C=C1CC(CC2=O)Cc2c1cc1cc(F)c(C)c3c1c2[C@@H](N)CC3. The fourth-order valence-electron chi connectivity index (χ4n) is 6.57. The molecule has 0 aromatic heterocycles. The van der Waals surface area contributed by atoms with E-state index in [2.05, 4.69) is 12.6 Å². The molecule has 1 heterocycles. The zero-order valence-corrected chi connectivity index (χ0v) is 20.0. The number of ketones is 1. The van der Waals surface area contributed by atoms with E-state index in [9.17, 15) is 14.0 Å². The Morgan fingerprint density at radius 1 is 1.23 bits per heavy atom. The summed E-state index contributed by atoms with van der Waals surface area (Å²) in [5.41, 5.74) is 12.3. The van der Waals surface area contributed by atoms with Crippen LogP contribution in [-0.2, 0) is 31.9 Å². The van der Waals surface area contributed by atoms with Crippen molar-refractivity contribution in [1.29, 1.82) is 0 Å². The summed E-state index contributed by atoms with van der Waals surface area (Å²) in [6.07, 6.45) is 6.45. The standard InChI is InChI=1S/C29H28FNO4/c1-4-35-29(3)22-11-16-7-15(9-25(32)21(22)13-34-28(29)33)8-20-19(16)10-17-12-23(30)14(2)18-5-6-24(31)27(20)26(17)18/h4,10-12,15,24H,1,5-9,13,31H2,2-3H3/t15?,24-,29-/m0/s1. The van der Waals surface area contributed by atoms with Crippen molar-refractivity contribution in [2.45, 2.75) is 57.6 Å². The number of hydrogen-bond donors (Lipinski definition) is 1. The number of nitrogens with two attached hydrogens (primary N) is 1. The molecule has 6 heteroatoms. The Bertz CT molecular complexity index is 1420. The minimum absolute atomic E-state index is 0.0209. The molecule has 0 spiro atoms. The first-order valence-corrected chi connectivity index (χ1v) is 12.2. The van der Waals surface area contributed by atoms with Gasteiger partial charge in [-0.2, -0.15) is 0 Å². The number of carbonyl (C=O) groups excluding carboxylic acids is 2. The van der Waals surface area contributed by atoms with Crippen LogP contribution < -0.4 is 5.73 Å². The summed E-state index contributed by atoms with van der Waals surface area (Å²) >= 11 is 0. The van der Waals surface area contributed by atoms with E-state index in [1.54, 1.807) is 13.0 Å². The van der Waals surface area contributed by atoms with E-state index in [1.165, 1.54) is 6.26 Å². The molecule has 0 saturated carbocycles. The topological polar surface area (TPSA) is 78.6 Å². The molecule has 1 aliphatic heterocycles. The Kier molecular flexibility index (Phi) is 4.84. The lowest BCUT2D eigenvalue weighted by molar-refractivity contribution is -0.161. The normalized spacial score (nSPS) is 27.4. The molecule has 0 saturated heterocycles. The average Bonchev–Trinajstić information content (AvgIpc) is 2.81. The van der Waals surface area contributed by atoms with Crippen molar-refractivity contribution in [2.24, 2.45) is 11.7 Å². The second-order valence-corrected chi connectivity index (χ2v) is 10.4. The number of hydrogen-bond acceptors (Lipinski definition) is 5. The lowest BCUT2D eigenvalue weighted by atomic mass is 9.69. The molecular formula is C29H28FNO4. The molecule has 2 aromatic rings. The van der Waals surface area contributed by atoms with Crippen LogP contribution in [0.2, 0.25) is 0 Å². The number of esters is 1. The molecule has 1 unspecified atom stereocenters. The van der Waals surface area contributed by atoms with Crippen LogP contribution in [0, 0.1) is 18.7 Å². The Morgan fingerprint density at radius 2 is 2.03 bits per heavy atom. The van der Waals surface area contributed by atoms with E-state index in [0.29, 0.717) is 29.6 Å². The van der Waals surface area contributed by atoms with Crippen LogP contribution >= 0.6 is 0 Å². The maximum absolute atomic E-state index is 14.9. The highest BCUT2D eigenvalue weighted by Crippen LogP contribution is 2.48. The number of ether oxygens (including phenoxy) is 2. The third-order valence-electron chi connectivity index (χ3n) is 8.35. The summed E-state index contributed by atoms with van der Waals surface area (Å²) in [6.45, 7) is 7.01. The monoisotopic (exact) mass is 473 g/mol. The predicted octanol–water partition coefficient (Wildman–Crippen LogP) is 4.92. The lowest BCUT2D eigenvalue weighted by Gasteiger charge is -2.38. The van der Waals surface area contributed by atoms with Crippen molar-refractivity contribution in [3.05, 3.63) is 75.8 Å². The molecule has 2 bridgehead atoms. The second-order valence-electron chi connectivity index (χ2n) is 10.4. The third kappa shape index (κ3) is 3.09. The Morgan fingerprint density at radius 3 is 2.80 bits per heavy atom. The van der Waals surface area contributed by atoms with Crippen LogP contribution in [0.3, 0.4) is 0 Å². The average molecular weight is 474 g/mol. The minimum atomic E-state index is -1.46. The van der Waals surface area contributed by atoms with Crippen LogP contribution in [-0.4, -0.2) is 24.0 Å². The highest BCUT2D eigenvalue weighted by Gasteiger charge is 2.47. The van der Waals surface area contributed by atoms with Gasteiger partial charge in [0.05, 0.1) is 6.26 Å². The maximum atomic E-state index is 14.9. The molecule has 0 fully saturated rings. The van der Waals surface area contributed by atoms with E-state index in [0.717, 1.165) is 57.9 Å². The Balaban J connectivity index is 1.66. The first kappa shape index (κ1) is 22.2. The number of aryl methyl sites for hydroxylation is 1. The number of cyclic esters (lactones) is 1. The number of allylic oxidation sites excluding steroid dienone is 1. The fourth-order valence-corrected chi connectivity index (χ4v) is 6.57. The summed E-state index contributed by atoms with van der Waals surface area (Å²) in [7, 11) is 0. The van der Waals surface area contributed by atoms with Gasteiger partial charge in [0.2, 0.25) is 5.60 Å². The van der Waals surface area contributed by atoms with Gasteiger partial charge in [-0.15, -0.1) is 0 Å². The van der Waals surface area contributed by atoms with Crippen molar-refractivity contribution in [3.63, 3.8) is 0 Å². The van der Waals surface area contributed by atoms with Gasteiger partial charge in [-0.3, -0.25) is 4.79 Å². The van der Waals surface area contributed by atoms with Gasteiger partial charge in [0.15, 0.2) is 5.78 Å². The second kappa shape index (κ2) is 7.62. The Hall–Kier alpha value is -3.25. The van der Waals surface area contributed by atoms with Crippen LogP contribution in [0.25, 0.3) is 16.3 Å². The summed E-state index contributed by atoms with van der Waals surface area (Å²) in [5.74, 6) is -0.654. The summed E-state index contributed by atoms with van der Waals surface area (Å²) in [6, 6.07) is 3.54. The van der Waals surface area contributed by atoms with Crippen LogP contribution in [0.4, 0.5) is 4.39 Å². The van der Waals surface area contributed by atoms with E-state index < -0.39 is 11.6 Å². The quantitative estimate of drug-likeness (QED) is 0.495. The molecular weight excluding hydrogens is 445 g/mol. The van der Waals surface area contributed by atoms with E-state index in [-0.39, 0.29) is 30.2 Å². The zero-order valence-electron chi connectivity index (χ0n) is 20.0. The van der Waals surface area contributed by atoms with Crippen molar-refractivity contribution >= 4 is 28.1 Å². The molecule has 6 rings (SSSR count). The van der Waals surface area contributed by atoms with Crippen LogP contribution in [0.1, 0.15) is 60.0 Å². The van der Waals surface area contributed by atoms with Gasteiger partial charge in [-0.1, -0.05) is 12.7 Å². The van der Waals surface area contributed by atoms with E-state index in [4.69, 9.17) is 15.2 Å². The highest BCUT2D eigenvalue weighted by atomic mass is 19.1. The minimum Gasteiger partial charge on any atom is -0.479 e. The van der Waals surface area contributed by atoms with Gasteiger partial charge in [0.25, 0.3) is 0 Å². The molecule has 3 atom stereocenters. The molecule has 4 aliphatic rings. The van der Waals surface area contributed by atoms with E-state index >= 15 is 0 Å². The van der Waals surface area contributed by atoms with E-state index in [1.807, 2.05) is 13.0 Å². The van der Waals surface area contributed by atoms with Crippen molar-refractivity contribution in [1.82, 2.24) is 0 Å². The van der Waals surface area contributed by atoms with Gasteiger partial charge in [-0.05, 0) is 102 Å². The lowest BCUT2D eigenvalue weighted by Crippen LogP contribution is -2.46. The third-order valence-corrected chi connectivity index (χ3v) is 8.35. The summed E-state index contributed by atoms with van der Waals surface area (Å²) in [4.78, 5) is 26.2. The number of rotatable bonds is 2. The zero-order chi connectivity index (χ0) is 24.6. The van der Waals surface area contributed by atoms with Crippen LogP contribution in [0.5, 0.6) is 0 Å². The van der Waals surface area contributed by atoms with Gasteiger partial charge >= 0.3 is 5.97 Å². The number of benzene rings is 2. The van der Waals surface area contributed by atoms with Gasteiger partial charge in [-0.25, -0.2) is 9.18 Å². The van der Waals surface area contributed by atoms with Crippen LogP contribution in [0.15, 0.2) is 42.2 Å². The predicted molar refractivity (Wildman–Crippen MR) is 131 cm³/mol. The molecule has 35 heavy (non-hydrogen) atoms. The van der Waals surface area contributed by atoms with Crippen molar-refractivity contribution in [2.75, 3.05) is 6.61 Å². The molecule has 0 amide bonds. The fraction of sp³-hybridized carbons (Fsp3) is 0.379. The Labute approximate surface area is 203 Å². The number of fused-ring (bicyclic) bond motifs is 5. The number of halogens is 1. The van der Waals surface area contributed by atoms with Gasteiger partial charge in [0, 0.05) is 23.6 Å². The molecule has 0 radical (unpaired) electrons. The van der Waals surface area contributed by atoms with Crippen molar-refractivity contribution in [3.8, 4) is 0 Å². The van der Waals surface area contributed by atoms with Gasteiger partial charge < -0.3 is 15.2 Å². The summed E-state index contributed by atoms with van der Waals surface area (Å²) in [5, 5.41) is 1.93.